The lowest BCUT2D eigenvalue weighted by atomic mass is 10.3. The van der Waals surface area contributed by atoms with Crippen molar-refractivity contribution in [3.63, 3.8) is 0 Å². The van der Waals surface area contributed by atoms with Crippen LogP contribution in [0.4, 0.5) is 15.8 Å². The smallest absolute Gasteiger partial charge is 0.312 e. The van der Waals surface area contributed by atoms with Crippen molar-refractivity contribution in [1.82, 2.24) is 4.98 Å². The van der Waals surface area contributed by atoms with E-state index in [0.29, 0.717) is 11.4 Å². The molecule has 0 bridgehead atoms. The standard InChI is InChI=1S/C12H9BrFN3O3/c13-9-4-11(17(18)19)12(5-10(9)14)20-6-8-3-7(15)1-2-16-8/h1-5H,6H2,(H2,15,16). The summed E-state index contributed by atoms with van der Waals surface area (Å²) in [6.45, 7) is -0.0487. The van der Waals surface area contributed by atoms with E-state index >= 15 is 0 Å². The summed E-state index contributed by atoms with van der Waals surface area (Å²) in [5.74, 6) is -0.814. The summed E-state index contributed by atoms with van der Waals surface area (Å²) in [4.78, 5) is 14.2. The normalized spacial score (nSPS) is 10.3. The summed E-state index contributed by atoms with van der Waals surface area (Å²) in [7, 11) is 0. The van der Waals surface area contributed by atoms with Crippen molar-refractivity contribution in [2.75, 3.05) is 5.73 Å². The van der Waals surface area contributed by atoms with Crippen molar-refractivity contribution in [2.24, 2.45) is 0 Å². The molecule has 2 N–H and O–H groups in total. The third kappa shape index (κ3) is 3.21. The fraction of sp³-hybridized carbons (Fsp3) is 0.0833. The zero-order valence-electron chi connectivity index (χ0n) is 10.0. The van der Waals surface area contributed by atoms with Crippen LogP contribution in [0.2, 0.25) is 0 Å². The van der Waals surface area contributed by atoms with Gasteiger partial charge in [-0.1, -0.05) is 0 Å². The van der Waals surface area contributed by atoms with Crippen LogP contribution in [0.5, 0.6) is 5.75 Å². The number of pyridine rings is 1. The first-order valence-electron chi connectivity index (χ1n) is 5.44. The average Bonchev–Trinajstić information content (AvgIpc) is 2.39. The van der Waals surface area contributed by atoms with E-state index < -0.39 is 10.7 Å². The number of anilines is 1. The van der Waals surface area contributed by atoms with Crippen molar-refractivity contribution < 1.29 is 14.1 Å². The Morgan fingerprint density at radius 2 is 2.20 bits per heavy atom. The molecule has 0 spiro atoms. The first-order chi connectivity index (χ1) is 9.47. The maximum Gasteiger partial charge on any atom is 0.312 e. The fourth-order valence-corrected chi connectivity index (χ4v) is 1.84. The second-order valence-electron chi connectivity index (χ2n) is 3.86. The minimum absolute atomic E-state index is 0.00127. The van der Waals surface area contributed by atoms with Gasteiger partial charge in [0.1, 0.15) is 12.4 Å². The van der Waals surface area contributed by atoms with Crippen LogP contribution in [-0.2, 0) is 6.61 Å². The molecule has 1 aromatic heterocycles. The molecule has 2 rings (SSSR count). The zero-order valence-corrected chi connectivity index (χ0v) is 11.6. The lowest BCUT2D eigenvalue weighted by Gasteiger charge is -2.07. The number of halogens is 2. The second-order valence-corrected chi connectivity index (χ2v) is 4.71. The number of nitrogen functional groups attached to an aromatic ring is 1. The topological polar surface area (TPSA) is 91.3 Å². The Labute approximate surface area is 121 Å². The number of nitrogens with zero attached hydrogens (tertiary/aromatic N) is 2. The maximum absolute atomic E-state index is 13.4. The van der Waals surface area contributed by atoms with Crippen molar-refractivity contribution in [3.8, 4) is 5.75 Å². The molecule has 104 valence electrons. The predicted molar refractivity (Wildman–Crippen MR) is 73.7 cm³/mol. The SMILES string of the molecule is Nc1ccnc(COc2cc(F)c(Br)cc2[N+](=O)[O-])c1. The summed E-state index contributed by atoms with van der Waals surface area (Å²) in [6, 6.07) is 5.18. The molecule has 1 aromatic carbocycles. The minimum Gasteiger partial charge on any atom is -0.480 e. The molecular formula is C12H9BrFN3O3. The molecule has 0 saturated heterocycles. The highest BCUT2D eigenvalue weighted by molar-refractivity contribution is 9.10. The number of benzene rings is 1. The Morgan fingerprint density at radius 1 is 1.45 bits per heavy atom. The molecule has 2 aromatic rings. The Kier molecular flexibility index (Phi) is 4.14. The van der Waals surface area contributed by atoms with E-state index in [1.54, 1.807) is 12.1 Å². The quantitative estimate of drug-likeness (QED) is 0.681. The average molecular weight is 342 g/mol. The van der Waals surface area contributed by atoms with E-state index in [1.807, 2.05) is 0 Å². The highest BCUT2D eigenvalue weighted by atomic mass is 79.9. The highest BCUT2D eigenvalue weighted by Gasteiger charge is 2.19. The number of rotatable bonds is 4. The van der Waals surface area contributed by atoms with Gasteiger partial charge in [-0.15, -0.1) is 0 Å². The van der Waals surface area contributed by atoms with Gasteiger partial charge in [0, 0.05) is 24.0 Å². The van der Waals surface area contributed by atoms with Gasteiger partial charge in [-0.05, 0) is 28.1 Å². The second kappa shape index (κ2) is 5.83. The molecule has 0 unspecified atom stereocenters. The molecule has 20 heavy (non-hydrogen) atoms. The van der Waals surface area contributed by atoms with Crippen LogP contribution in [-0.4, -0.2) is 9.91 Å². The lowest BCUT2D eigenvalue weighted by molar-refractivity contribution is -0.386. The number of nitrogens with two attached hydrogens (primary N) is 1. The van der Waals surface area contributed by atoms with Gasteiger partial charge in [0.2, 0.25) is 5.75 Å². The van der Waals surface area contributed by atoms with Crippen LogP contribution in [0, 0.1) is 15.9 Å². The molecule has 0 saturated carbocycles. The lowest BCUT2D eigenvalue weighted by Crippen LogP contribution is -2.02. The first kappa shape index (κ1) is 14.2. The molecule has 0 atom stereocenters. The van der Waals surface area contributed by atoms with E-state index in [1.165, 1.54) is 6.20 Å². The van der Waals surface area contributed by atoms with Crippen molar-refractivity contribution in [3.05, 3.63) is 56.6 Å². The van der Waals surface area contributed by atoms with E-state index in [4.69, 9.17) is 10.5 Å². The van der Waals surface area contributed by atoms with Crippen molar-refractivity contribution in [1.29, 1.82) is 0 Å². The van der Waals surface area contributed by atoms with E-state index in [9.17, 15) is 14.5 Å². The van der Waals surface area contributed by atoms with Gasteiger partial charge in [0.25, 0.3) is 0 Å². The van der Waals surface area contributed by atoms with Crippen molar-refractivity contribution in [2.45, 2.75) is 6.61 Å². The molecular weight excluding hydrogens is 333 g/mol. The predicted octanol–water partition coefficient (Wildman–Crippen LogP) is 3.05. The Balaban J connectivity index is 2.24. The molecule has 0 aliphatic carbocycles. The fourth-order valence-electron chi connectivity index (χ4n) is 1.50. The Bertz CT molecular complexity index is 666. The summed E-state index contributed by atoms with van der Waals surface area (Å²) >= 11 is 2.89. The van der Waals surface area contributed by atoms with E-state index in [0.717, 1.165) is 12.1 Å². The van der Waals surface area contributed by atoms with Crippen LogP contribution >= 0.6 is 15.9 Å². The molecule has 0 aliphatic rings. The van der Waals surface area contributed by atoms with E-state index in [-0.39, 0.29) is 22.5 Å². The monoisotopic (exact) mass is 341 g/mol. The van der Waals surface area contributed by atoms with Gasteiger partial charge in [-0.2, -0.15) is 0 Å². The summed E-state index contributed by atoms with van der Waals surface area (Å²) in [5, 5.41) is 10.9. The molecule has 0 aliphatic heterocycles. The Morgan fingerprint density at radius 3 is 2.85 bits per heavy atom. The number of nitro groups is 1. The molecule has 0 amide bonds. The molecule has 0 fully saturated rings. The summed E-state index contributed by atoms with van der Waals surface area (Å²) < 4.78 is 18.7. The van der Waals surface area contributed by atoms with Crippen molar-refractivity contribution >= 4 is 27.3 Å². The van der Waals surface area contributed by atoms with E-state index in [2.05, 4.69) is 20.9 Å². The Hall–Kier alpha value is -2.22. The van der Waals surface area contributed by atoms with Gasteiger partial charge >= 0.3 is 5.69 Å². The third-order valence-electron chi connectivity index (χ3n) is 2.41. The van der Waals surface area contributed by atoms with Crippen LogP contribution < -0.4 is 10.5 Å². The van der Waals surface area contributed by atoms with Gasteiger partial charge in [0.05, 0.1) is 15.1 Å². The first-order valence-corrected chi connectivity index (χ1v) is 6.23. The van der Waals surface area contributed by atoms with Gasteiger partial charge in [0.15, 0.2) is 0 Å². The largest absolute Gasteiger partial charge is 0.480 e. The molecule has 6 nitrogen and oxygen atoms in total. The number of ether oxygens (including phenoxy) is 1. The van der Waals surface area contributed by atoms with Crippen LogP contribution in [0.1, 0.15) is 5.69 Å². The van der Waals surface area contributed by atoms with Gasteiger partial charge < -0.3 is 10.5 Å². The summed E-state index contributed by atoms with van der Waals surface area (Å²) in [6.07, 6.45) is 1.49. The molecule has 8 heteroatoms. The minimum atomic E-state index is -0.647. The zero-order chi connectivity index (χ0) is 14.7. The number of aromatic nitrogens is 1. The third-order valence-corrected chi connectivity index (χ3v) is 3.02. The number of hydrogen-bond donors (Lipinski definition) is 1. The highest BCUT2D eigenvalue weighted by Crippen LogP contribution is 2.32. The van der Waals surface area contributed by atoms with Gasteiger partial charge in [-0.25, -0.2) is 4.39 Å². The molecule has 0 radical (unpaired) electrons. The van der Waals surface area contributed by atoms with Crippen LogP contribution in [0.25, 0.3) is 0 Å². The number of nitro benzene ring substituents is 1. The van der Waals surface area contributed by atoms with Crippen LogP contribution in [0.3, 0.4) is 0 Å². The number of hydrogen-bond acceptors (Lipinski definition) is 5. The maximum atomic E-state index is 13.4. The molecule has 1 heterocycles. The summed E-state index contributed by atoms with van der Waals surface area (Å²) in [5.41, 5.74) is 6.23. The van der Waals surface area contributed by atoms with Crippen LogP contribution in [0.15, 0.2) is 34.9 Å². The van der Waals surface area contributed by atoms with Gasteiger partial charge in [-0.3, -0.25) is 15.1 Å².